The van der Waals surface area contributed by atoms with Gasteiger partial charge >= 0.3 is 0 Å². The highest BCUT2D eigenvalue weighted by Crippen LogP contribution is 2.55. The Morgan fingerprint density at radius 2 is 1.35 bits per heavy atom. The van der Waals surface area contributed by atoms with E-state index in [1.807, 2.05) is 13.8 Å². The van der Waals surface area contributed by atoms with Crippen molar-refractivity contribution in [3.05, 3.63) is 35.7 Å². The topological polar surface area (TPSA) is 77.8 Å². The molecule has 0 radical (unpaired) electrons. The van der Waals surface area contributed by atoms with E-state index in [2.05, 4.69) is 32.5 Å². The van der Waals surface area contributed by atoms with E-state index in [0.717, 1.165) is 24.0 Å². The molecule has 1 saturated carbocycles. The second-order valence-corrected chi connectivity index (χ2v) is 5.26. The van der Waals surface area contributed by atoms with E-state index in [1.165, 1.54) is 0 Å². The summed E-state index contributed by atoms with van der Waals surface area (Å²) < 4.78 is 11.1. The van der Waals surface area contributed by atoms with Crippen LogP contribution in [0.4, 0.5) is 0 Å². The van der Waals surface area contributed by atoms with Gasteiger partial charge in [-0.25, -0.2) is 0 Å². The lowest BCUT2D eigenvalue weighted by atomic mass is 10.1. The van der Waals surface area contributed by atoms with Crippen LogP contribution in [-0.4, -0.2) is 20.4 Å². The predicted octanol–water partition coefficient (Wildman–Crippen LogP) is 2.58. The number of aromatic nitrogens is 4. The third kappa shape index (κ3) is 1.79. The van der Waals surface area contributed by atoms with Gasteiger partial charge in [-0.2, -0.15) is 0 Å². The molecular weight excluding hydrogens is 256 g/mol. The van der Waals surface area contributed by atoms with Crippen LogP contribution in [0.2, 0.25) is 0 Å². The molecule has 0 N–H and O–H groups in total. The van der Waals surface area contributed by atoms with Crippen LogP contribution >= 0.6 is 0 Å². The van der Waals surface area contributed by atoms with E-state index >= 15 is 0 Å². The molecule has 2 aromatic heterocycles. The fourth-order valence-corrected chi connectivity index (χ4v) is 2.82. The molecule has 0 aliphatic heterocycles. The highest BCUT2D eigenvalue weighted by Gasteiger charge is 2.46. The minimum Gasteiger partial charge on any atom is -0.421 e. The standard InChI is InChI=1S/C14H14N4O2/c1-7-15-17-13(19-7)9-4-3-5-10(12-6-11(9)12)14-18-16-8(2)20-14/h4-5,11-12H,3,6H2,1-2H3. The summed E-state index contributed by atoms with van der Waals surface area (Å²) in [6.45, 7) is 3.62. The lowest BCUT2D eigenvalue weighted by Crippen LogP contribution is -1.92. The van der Waals surface area contributed by atoms with Crippen LogP contribution in [0, 0.1) is 25.7 Å². The van der Waals surface area contributed by atoms with Gasteiger partial charge in [-0.1, -0.05) is 12.2 Å². The number of aryl methyl sites for hydroxylation is 2. The third-order valence-electron chi connectivity index (χ3n) is 3.81. The van der Waals surface area contributed by atoms with Crippen molar-refractivity contribution in [2.75, 3.05) is 0 Å². The molecule has 0 spiro atoms. The summed E-state index contributed by atoms with van der Waals surface area (Å²) in [5.41, 5.74) is 2.30. The molecule has 4 rings (SSSR count). The molecule has 2 aliphatic carbocycles. The summed E-state index contributed by atoms with van der Waals surface area (Å²) in [4.78, 5) is 0. The van der Waals surface area contributed by atoms with Crippen molar-refractivity contribution in [1.29, 1.82) is 0 Å². The molecule has 2 aliphatic rings. The van der Waals surface area contributed by atoms with Gasteiger partial charge in [-0.15, -0.1) is 20.4 Å². The van der Waals surface area contributed by atoms with Crippen LogP contribution in [0.25, 0.3) is 11.1 Å². The lowest BCUT2D eigenvalue weighted by Gasteiger charge is -2.00. The monoisotopic (exact) mass is 270 g/mol. The average molecular weight is 270 g/mol. The SMILES string of the molecule is Cc1nnc(C2=CCC=C(c3nnc(C)o3)C3CC23)o1. The molecule has 6 nitrogen and oxygen atoms in total. The van der Waals surface area contributed by atoms with Crippen molar-refractivity contribution in [2.45, 2.75) is 26.7 Å². The number of hydrogen-bond donors (Lipinski definition) is 0. The molecule has 1 fully saturated rings. The van der Waals surface area contributed by atoms with E-state index < -0.39 is 0 Å². The summed E-state index contributed by atoms with van der Waals surface area (Å²) in [6.07, 6.45) is 6.21. The first-order valence-electron chi connectivity index (χ1n) is 6.73. The Kier molecular flexibility index (Phi) is 2.39. The second kappa shape index (κ2) is 4.13. The zero-order chi connectivity index (χ0) is 13.7. The Bertz CT molecular complexity index is 665. The molecule has 2 aromatic rings. The van der Waals surface area contributed by atoms with E-state index in [9.17, 15) is 0 Å². The van der Waals surface area contributed by atoms with Crippen LogP contribution < -0.4 is 0 Å². The second-order valence-electron chi connectivity index (χ2n) is 5.26. The number of hydrogen-bond acceptors (Lipinski definition) is 6. The molecule has 0 amide bonds. The maximum absolute atomic E-state index is 5.56. The summed E-state index contributed by atoms with van der Waals surface area (Å²) in [5.74, 6) is 3.34. The smallest absolute Gasteiger partial charge is 0.243 e. The molecule has 2 heterocycles. The van der Waals surface area contributed by atoms with Gasteiger partial charge in [0.05, 0.1) is 0 Å². The van der Waals surface area contributed by atoms with E-state index in [0.29, 0.717) is 35.4 Å². The highest BCUT2D eigenvalue weighted by molar-refractivity contribution is 5.75. The first-order chi connectivity index (χ1) is 9.72. The maximum Gasteiger partial charge on any atom is 0.243 e. The normalized spacial score (nSPS) is 24.7. The summed E-state index contributed by atoms with van der Waals surface area (Å²) in [7, 11) is 0. The number of nitrogens with zero attached hydrogens (tertiary/aromatic N) is 4. The molecule has 0 saturated heterocycles. The van der Waals surface area contributed by atoms with Gasteiger partial charge < -0.3 is 8.83 Å². The van der Waals surface area contributed by atoms with Crippen LogP contribution in [0.1, 0.15) is 36.4 Å². The Balaban J connectivity index is 1.63. The van der Waals surface area contributed by atoms with Crippen LogP contribution in [-0.2, 0) is 0 Å². The first kappa shape index (κ1) is 11.6. The fraction of sp³-hybridized carbons (Fsp3) is 0.429. The van der Waals surface area contributed by atoms with Crippen LogP contribution in [0.5, 0.6) is 0 Å². The fourth-order valence-electron chi connectivity index (χ4n) is 2.82. The number of fused-ring (bicyclic) bond motifs is 1. The Hall–Kier alpha value is -2.24. The van der Waals surface area contributed by atoms with Gasteiger partial charge in [0.2, 0.25) is 23.6 Å². The molecule has 2 atom stereocenters. The summed E-state index contributed by atoms with van der Waals surface area (Å²) >= 11 is 0. The Labute approximate surface area is 115 Å². The molecule has 6 heteroatoms. The summed E-state index contributed by atoms with van der Waals surface area (Å²) in [6, 6.07) is 0. The van der Waals surface area contributed by atoms with E-state index in [1.54, 1.807) is 0 Å². The predicted molar refractivity (Wildman–Crippen MR) is 70.2 cm³/mol. The average Bonchev–Trinajstić information content (AvgIpc) is 2.94. The molecule has 0 aromatic carbocycles. The Morgan fingerprint density at radius 1 is 0.850 bits per heavy atom. The van der Waals surface area contributed by atoms with Crippen LogP contribution in [0.3, 0.4) is 0 Å². The molecule has 20 heavy (non-hydrogen) atoms. The third-order valence-corrected chi connectivity index (χ3v) is 3.81. The number of allylic oxidation sites excluding steroid dienone is 4. The van der Waals surface area contributed by atoms with E-state index in [4.69, 9.17) is 8.83 Å². The molecule has 0 bridgehead atoms. The zero-order valence-electron chi connectivity index (χ0n) is 11.3. The van der Waals surface area contributed by atoms with Gasteiger partial charge in [0.25, 0.3) is 0 Å². The van der Waals surface area contributed by atoms with Crippen molar-refractivity contribution in [3.8, 4) is 0 Å². The lowest BCUT2D eigenvalue weighted by molar-refractivity contribution is 0.499. The van der Waals surface area contributed by atoms with Crippen LogP contribution in [0.15, 0.2) is 21.0 Å². The van der Waals surface area contributed by atoms with Crippen molar-refractivity contribution < 1.29 is 8.83 Å². The summed E-state index contributed by atoms with van der Waals surface area (Å²) in [5, 5.41) is 16.1. The van der Waals surface area contributed by atoms with Crippen molar-refractivity contribution in [1.82, 2.24) is 20.4 Å². The van der Waals surface area contributed by atoms with Gasteiger partial charge in [0.15, 0.2) is 0 Å². The minimum atomic E-state index is 0.427. The van der Waals surface area contributed by atoms with Crippen molar-refractivity contribution in [2.24, 2.45) is 11.8 Å². The van der Waals surface area contributed by atoms with Crippen molar-refractivity contribution >= 4 is 11.1 Å². The van der Waals surface area contributed by atoms with E-state index in [-0.39, 0.29) is 0 Å². The Morgan fingerprint density at radius 3 is 1.75 bits per heavy atom. The molecular formula is C14H14N4O2. The van der Waals surface area contributed by atoms with Gasteiger partial charge in [0, 0.05) is 25.0 Å². The highest BCUT2D eigenvalue weighted by atomic mass is 16.4. The number of rotatable bonds is 2. The molecule has 2 unspecified atom stereocenters. The maximum atomic E-state index is 5.56. The van der Waals surface area contributed by atoms with Crippen molar-refractivity contribution in [3.63, 3.8) is 0 Å². The zero-order valence-corrected chi connectivity index (χ0v) is 11.3. The van der Waals surface area contributed by atoms with Gasteiger partial charge in [-0.05, 0) is 24.7 Å². The largest absolute Gasteiger partial charge is 0.421 e. The minimum absolute atomic E-state index is 0.427. The molecule has 102 valence electrons. The van der Waals surface area contributed by atoms with Gasteiger partial charge in [0.1, 0.15) is 0 Å². The van der Waals surface area contributed by atoms with Gasteiger partial charge in [-0.3, -0.25) is 0 Å². The quantitative estimate of drug-likeness (QED) is 0.834. The first-order valence-corrected chi connectivity index (χ1v) is 6.73.